The third-order valence-corrected chi connectivity index (χ3v) is 4.69. The predicted molar refractivity (Wildman–Crippen MR) is 98.1 cm³/mol. The number of rotatable bonds is 6. The van der Waals surface area contributed by atoms with Gasteiger partial charge in [-0.1, -0.05) is 0 Å². The number of sulfone groups is 1. The van der Waals surface area contributed by atoms with Crippen LogP contribution in [0.5, 0.6) is 5.75 Å². The molecule has 0 spiro atoms. The summed E-state index contributed by atoms with van der Waals surface area (Å²) < 4.78 is 79.5. The highest BCUT2D eigenvalue weighted by Crippen LogP contribution is 2.54. The summed E-state index contributed by atoms with van der Waals surface area (Å²) in [5.41, 5.74) is -0.119. The fraction of sp³-hybridized carbons (Fsp3) is 0.400. The summed E-state index contributed by atoms with van der Waals surface area (Å²) in [5.74, 6) is -5.92. The van der Waals surface area contributed by atoms with Crippen molar-refractivity contribution in [3.05, 3.63) is 29.1 Å². The fourth-order valence-corrected chi connectivity index (χ4v) is 2.89. The van der Waals surface area contributed by atoms with Gasteiger partial charge < -0.3 is 4.74 Å². The van der Waals surface area contributed by atoms with Crippen LogP contribution in [0.2, 0.25) is 0 Å². The molecule has 15 heteroatoms. The SMILES string of the molecule is CS(=O)(=O)c1cc(-c2c[nH+]c(N=O)c(OC(F)F)c2)nc(C2CC2(F)F)n1.ClCCl. The van der Waals surface area contributed by atoms with Crippen LogP contribution in [0, 0.1) is 4.91 Å². The van der Waals surface area contributed by atoms with Crippen molar-refractivity contribution in [1.82, 2.24) is 9.97 Å². The Bertz CT molecular complexity index is 1040. The number of alkyl halides is 6. The predicted octanol–water partition coefficient (Wildman–Crippen LogP) is 3.90. The van der Waals surface area contributed by atoms with Gasteiger partial charge >= 0.3 is 12.4 Å². The molecule has 0 amide bonds. The molecule has 1 N–H and O–H groups in total. The highest BCUT2D eigenvalue weighted by atomic mass is 35.5. The molecule has 0 aromatic carbocycles. The van der Waals surface area contributed by atoms with E-state index < -0.39 is 51.3 Å². The summed E-state index contributed by atoms with van der Waals surface area (Å²) in [5, 5.41) is 2.19. The van der Waals surface area contributed by atoms with Gasteiger partial charge in [0, 0.05) is 30.4 Å². The molecule has 0 bridgehead atoms. The minimum atomic E-state index is -3.87. The van der Waals surface area contributed by atoms with Crippen molar-refractivity contribution in [2.24, 2.45) is 5.18 Å². The molecule has 30 heavy (non-hydrogen) atoms. The lowest BCUT2D eigenvalue weighted by Gasteiger charge is -2.08. The van der Waals surface area contributed by atoms with E-state index in [9.17, 15) is 30.9 Å². The van der Waals surface area contributed by atoms with E-state index in [0.29, 0.717) is 0 Å². The van der Waals surface area contributed by atoms with Crippen LogP contribution in [0.1, 0.15) is 18.2 Å². The molecule has 2 heterocycles. The van der Waals surface area contributed by atoms with E-state index in [4.69, 9.17) is 23.2 Å². The molecule has 164 valence electrons. The fourth-order valence-electron chi connectivity index (χ4n) is 2.30. The number of H-pyrrole nitrogens is 1. The third-order valence-electron chi connectivity index (χ3n) is 3.72. The molecule has 3 rings (SSSR count). The second kappa shape index (κ2) is 9.35. The number of hydrogen-bond acceptors (Lipinski definition) is 7. The van der Waals surface area contributed by atoms with Crippen LogP contribution in [0.4, 0.5) is 23.4 Å². The number of nitrogens with zero attached hydrogens (tertiary/aromatic N) is 3. The summed E-state index contributed by atoms with van der Waals surface area (Å²) in [6.45, 7) is -3.26. The highest BCUT2D eigenvalue weighted by Gasteiger charge is 2.59. The van der Waals surface area contributed by atoms with E-state index in [-0.39, 0.29) is 22.4 Å². The zero-order valence-electron chi connectivity index (χ0n) is 15.0. The van der Waals surface area contributed by atoms with E-state index in [1.54, 1.807) is 0 Å². The van der Waals surface area contributed by atoms with Gasteiger partial charge in [0.2, 0.25) is 10.9 Å². The van der Waals surface area contributed by atoms with Crippen LogP contribution in [0.15, 0.2) is 28.5 Å². The van der Waals surface area contributed by atoms with Gasteiger partial charge in [0.1, 0.15) is 5.82 Å². The van der Waals surface area contributed by atoms with Crippen molar-refractivity contribution < 1.29 is 35.7 Å². The van der Waals surface area contributed by atoms with E-state index in [1.807, 2.05) is 0 Å². The third kappa shape index (κ3) is 5.95. The maximum absolute atomic E-state index is 13.4. The molecular weight excluding hydrogens is 479 g/mol. The lowest BCUT2D eigenvalue weighted by atomic mass is 10.2. The zero-order valence-corrected chi connectivity index (χ0v) is 17.3. The van der Waals surface area contributed by atoms with Crippen molar-refractivity contribution in [1.29, 1.82) is 0 Å². The molecule has 1 atom stereocenters. The molecule has 1 fully saturated rings. The number of pyridine rings is 1. The smallest absolute Gasteiger partial charge is 0.414 e. The highest BCUT2D eigenvalue weighted by molar-refractivity contribution is 7.90. The number of hydrogen-bond donors (Lipinski definition) is 0. The Hall–Kier alpha value is -2.12. The van der Waals surface area contributed by atoms with Crippen LogP contribution < -0.4 is 9.72 Å². The van der Waals surface area contributed by atoms with Crippen LogP contribution >= 0.6 is 23.2 Å². The summed E-state index contributed by atoms with van der Waals surface area (Å²) >= 11 is 9.53. The first-order chi connectivity index (χ1) is 13.9. The molecule has 8 nitrogen and oxygen atoms in total. The number of nitrogens with one attached hydrogen (secondary N) is 1. The van der Waals surface area contributed by atoms with Crippen LogP contribution in [-0.4, -0.2) is 42.5 Å². The lowest BCUT2D eigenvalue weighted by Crippen LogP contribution is -2.11. The number of ether oxygens (including phenoxy) is 1. The van der Waals surface area contributed by atoms with Gasteiger partial charge in [0.05, 0.1) is 23.1 Å². The maximum Gasteiger partial charge on any atom is 0.414 e. The second-order valence-electron chi connectivity index (χ2n) is 5.91. The summed E-state index contributed by atoms with van der Waals surface area (Å²) in [6.07, 6.45) is 1.43. The molecule has 2 aromatic rings. The van der Waals surface area contributed by atoms with E-state index in [2.05, 4.69) is 24.9 Å². The first kappa shape index (κ1) is 24.2. The van der Waals surface area contributed by atoms with E-state index in [1.165, 1.54) is 0 Å². The van der Waals surface area contributed by atoms with Gasteiger partial charge in [-0.25, -0.2) is 32.2 Å². The average Bonchev–Trinajstić information content (AvgIpc) is 3.29. The summed E-state index contributed by atoms with van der Waals surface area (Å²) in [6, 6.07) is 1.96. The molecule has 0 aliphatic heterocycles. The van der Waals surface area contributed by atoms with Crippen molar-refractivity contribution >= 4 is 38.9 Å². The molecule has 0 saturated heterocycles. The van der Waals surface area contributed by atoms with Gasteiger partial charge in [-0.3, -0.25) is 0 Å². The van der Waals surface area contributed by atoms with Crippen LogP contribution in [0.3, 0.4) is 0 Å². The van der Waals surface area contributed by atoms with Gasteiger partial charge in [-0.2, -0.15) is 8.78 Å². The molecule has 1 aliphatic carbocycles. The Morgan fingerprint density at radius 1 is 1.33 bits per heavy atom. The Kier molecular flexibility index (Phi) is 7.53. The number of aromatic amines is 1. The van der Waals surface area contributed by atoms with Crippen molar-refractivity contribution in [3.63, 3.8) is 0 Å². The maximum atomic E-state index is 13.4. The van der Waals surface area contributed by atoms with Gasteiger partial charge in [-0.05, 0) is 4.91 Å². The molecule has 1 unspecified atom stereocenters. The largest absolute Gasteiger partial charge is 0.426 e. The van der Waals surface area contributed by atoms with Crippen molar-refractivity contribution in [3.8, 4) is 17.0 Å². The number of nitroso groups, excluding NO2 is 1. The van der Waals surface area contributed by atoms with Crippen molar-refractivity contribution in [2.75, 3.05) is 11.6 Å². The van der Waals surface area contributed by atoms with Gasteiger partial charge in [-0.15, -0.1) is 23.2 Å². The quantitative estimate of drug-likeness (QED) is 0.262. The Balaban J connectivity index is 0.00000101. The molecule has 2 aromatic heterocycles. The monoisotopic (exact) mass is 491 g/mol. The number of halogens is 6. The van der Waals surface area contributed by atoms with E-state index >= 15 is 0 Å². The standard InChI is InChI=1S/C14H10F4N4O4S.CH2Cl2/c1-27(24,25)10-3-8(20-11(21-10)7-4-14(7,17)18)6-2-9(26-13(15)16)12(22-23)19-5-6;2-1-3/h2-3,5,7,13H,4H2,1H3;1H2/p+1. The Morgan fingerprint density at radius 3 is 2.40 bits per heavy atom. The topological polar surface area (TPSA) is 113 Å². The lowest BCUT2D eigenvalue weighted by molar-refractivity contribution is -0.363. The van der Waals surface area contributed by atoms with Crippen molar-refractivity contribution in [2.45, 2.75) is 29.9 Å². The summed E-state index contributed by atoms with van der Waals surface area (Å²) in [7, 11) is -3.87. The van der Waals surface area contributed by atoms with Gasteiger partial charge in [0.25, 0.3) is 5.92 Å². The minimum absolute atomic E-state index is 0.00978. The Labute approximate surface area is 177 Å². The molecule has 1 aliphatic rings. The Morgan fingerprint density at radius 2 is 1.93 bits per heavy atom. The molecule has 0 radical (unpaired) electrons. The summed E-state index contributed by atoms with van der Waals surface area (Å²) in [4.78, 5) is 20.6. The minimum Gasteiger partial charge on any atom is -0.426 e. The van der Waals surface area contributed by atoms with Crippen LogP contribution in [-0.2, 0) is 9.84 Å². The van der Waals surface area contributed by atoms with Crippen LogP contribution in [0.25, 0.3) is 11.3 Å². The first-order valence-electron chi connectivity index (χ1n) is 7.86. The number of aromatic nitrogens is 3. The second-order valence-corrected chi connectivity index (χ2v) is 8.68. The molecular formula is C15H13Cl2F4N4O4S+. The first-order valence-corrected chi connectivity index (χ1v) is 10.8. The van der Waals surface area contributed by atoms with E-state index in [0.717, 1.165) is 24.6 Å². The normalized spacial score (nSPS) is 17.1. The molecule has 1 saturated carbocycles. The van der Waals surface area contributed by atoms with Gasteiger partial charge in [0.15, 0.2) is 14.9 Å². The average molecular weight is 492 g/mol. The zero-order chi connectivity index (χ0) is 22.7.